The maximum atomic E-state index is 12.4. The predicted octanol–water partition coefficient (Wildman–Crippen LogP) is 2.35. The molecule has 1 aliphatic heterocycles. The number of non-ortho nitro benzene ring substituents is 2. The van der Waals surface area contributed by atoms with Gasteiger partial charge in [-0.15, -0.1) is 0 Å². The van der Waals surface area contributed by atoms with Crippen LogP contribution in [0, 0.1) is 20.2 Å². The molecule has 3 amide bonds. The molecule has 0 unspecified atom stereocenters. The van der Waals surface area contributed by atoms with E-state index in [1.807, 2.05) is 0 Å². The summed E-state index contributed by atoms with van der Waals surface area (Å²) in [4.78, 5) is 62.5. The summed E-state index contributed by atoms with van der Waals surface area (Å²) in [5, 5.41) is 24.3. The van der Waals surface area contributed by atoms with Crippen LogP contribution in [0.15, 0.2) is 36.4 Å². The van der Waals surface area contributed by atoms with Gasteiger partial charge in [0.2, 0.25) is 5.91 Å². The molecular weight excluding hydrogens is 418 g/mol. The summed E-state index contributed by atoms with van der Waals surface area (Å²) < 4.78 is 0.479. The van der Waals surface area contributed by atoms with E-state index in [1.54, 1.807) is 0 Å². The number of carbonyl (C=O) groups is 3. The lowest BCUT2D eigenvalue weighted by molar-refractivity contribution is -0.385. The second-order valence-corrected chi connectivity index (χ2v) is 7.19. The number of nitrogens with zero attached hydrogens (tertiary/aromatic N) is 4. The lowest BCUT2D eigenvalue weighted by Crippen LogP contribution is -2.37. The third-order valence-electron chi connectivity index (χ3n) is 4.30. The third kappa shape index (κ3) is 3.22. The highest BCUT2D eigenvalue weighted by Crippen LogP contribution is 2.30. The van der Waals surface area contributed by atoms with Gasteiger partial charge in [0.15, 0.2) is 5.13 Å². The Morgan fingerprint density at radius 1 is 1.00 bits per heavy atom. The van der Waals surface area contributed by atoms with Crippen molar-refractivity contribution in [3.8, 4) is 0 Å². The van der Waals surface area contributed by atoms with Crippen LogP contribution in [0.1, 0.15) is 20.7 Å². The predicted molar refractivity (Wildman–Crippen MR) is 103 cm³/mol. The minimum absolute atomic E-state index is 0.0225. The Balaban J connectivity index is 1.51. The third-order valence-corrected chi connectivity index (χ3v) is 5.23. The topological polar surface area (TPSA) is 166 Å². The summed E-state index contributed by atoms with van der Waals surface area (Å²) in [6, 6.07) is 7.32. The van der Waals surface area contributed by atoms with Crippen molar-refractivity contribution in [2.24, 2.45) is 0 Å². The molecular formula is C17H9N5O7S. The summed E-state index contributed by atoms with van der Waals surface area (Å²) >= 11 is 0.998. The first-order valence-electron chi connectivity index (χ1n) is 8.24. The average molecular weight is 427 g/mol. The molecule has 2 heterocycles. The Bertz CT molecular complexity index is 1280. The van der Waals surface area contributed by atoms with Gasteiger partial charge in [-0.05, 0) is 12.1 Å². The molecule has 0 radical (unpaired) electrons. The van der Waals surface area contributed by atoms with Crippen LogP contribution in [-0.4, -0.2) is 44.0 Å². The van der Waals surface area contributed by atoms with Gasteiger partial charge in [-0.2, -0.15) is 0 Å². The summed E-state index contributed by atoms with van der Waals surface area (Å²) in [5.41, 5.74) is -0.192. The maximum Gasteiger partial charge on any atom is 0.270 e. The second kappa shape index (κ2) is 6.97. The lowest BCUT2D eigenvalue weighted by Gasteiger charge is -2.12. The van der Waals surface area contributed by atoms with E-state index in [9.17, 15) is 34.6 Å². The standard InChI is InChI=1S/C17H9N5O7S/c23-14(19-17-18-12-4-2-9(22(28)29)6-13(12)30-17)7-20-15(24)10-3-1-8(21(26)27)5-11(10)16(20)25/h1-6H,7H2,(H,18,19,23). The molecule has 0 atom stereocenters. The van der Waals surface area contributed by atoms with Gasteiger partial charge < -0.3 is 5.32 Å². The number of nitro groups is 2. The Kier molecular flexibility index (Phi) is 4.43. The van der Waals surface area contributed by atoms with E-state index >= 15 is 0 Å². The number of hydrogen-bond donors (Lipinski definition) is 1. The summed E-state index contributed by atoms with van der Waals surface area (Å²) in [6.07, 6.45) is 0. The fourth-order valence-corrected chi connectivity index (χ4v) is 3.83. The van der Waals surface area contributed by atoms with Crippen LogP contribution >= 0.6 is 11.3 Å². The van der Waals surface area contributed by atoms with E-state index in [4.69, 9.17) is 0 Å². The molecule has 1 N–H and O–H groups in total. The zero-order valence-electron chi connectivity index (χ0n) is 14.7. The number of aromatic nitrogens is 1. The van der Waals surface area contributed by atoms with Crippen molar-refractivity contribution in [1.29, 1.82) is 0 Å². The first kappa shape index (κ1) is 19.1. The largest absolute Gasteiger partial charge is 0.300 e. The molecule has 30 heavy (non-hydrogen) atoms. The number of imide groups is 1. The van der Waals surface area contributed by atoms with E-state index in [0.717, 1.165) is 23.5 Å². The molecule has 12 nitrogen and oxygen atoms in total. The van der Waals surface area contributed by atoms with Crippen LogP contribution in [-0.2, 0) is 4.79 Å². The smallest absolute Gasteiger partial charge is 0.270 e. The van der Waals surface area contributed by atoms with Gasteiger partial charge in [-0.1, -0.05) is 11.3 Å². The molecule has 2 aromatic carbocycles. The fourth-order valence-electron chi connectivity index (χ4n) is 2.92. The Morgan fingerprint density at radius 2 is 1.63 bits per heavy atom. The van der Waals surface area contributed by atoms with E-state index in [2.05, 4.69) is 10.3 Å². The van der Waals surface area contributed by atoms with E-state index in [-0.39, 0.29) is 27.6 Å². The molecule has 13 heteroatoms. The number of amides is 3. The summed E-state index contributed by atoms with van der Waals surface area (Å²) in [7, 11) is 0. The first-order chi connectivity index (χ1) is 14.2. The lowest BCUT2D eigenvalue weighted by atomic mass is 10.1. The first-order valence-corrected chi connectivity index (χ1v) is 9.05. The van der Waals surface area contributed by atoms with Gasteiger partial charge >= 0.3 is 0 Å². The van der Waals surface area contributed by atoms with Crippen LogP contribution in [0.4, 0.5) is 16.5 Å². The Labute approximate surface area is 170 Å². The van der Waals surface area contributed by atoms with E-state index in [0.29, 0.717) is 15.1 Å². The second-order valence-electron chi connectivity index (χ2n) is 6.16. The van der Waals surface area contributed by atoms with Crippen LogP contribution in [0.5, 0.6) is 0 Å². The van der Waals surface area contributed by atoms with Crippen molar-refractivity contribution >= 4 is 55.8 Å². The number of carbonyl (C=O) groups excluding carboxylic acids is 3. The van der Waals surface area contributed by atoms with Gasteiger partial charge in [-0.25, -0.2) is 4.98 Å². The van der Waals surface area contributed by atoms with Crippen LogP contribution in [0.25, 0.3) is 10.2 Å². The number of benzene rings is 2. The van der Waals surface area contributed by atoms with Crippen molar-refractivity contribution < 1.29 is 24.2 Å². The number of nitro benzene ring substituents is 2. The number of rotatable bonds is 5. The molecule has 3 aromatic rings. The molecule has 0 aliphatic carbocycles. The molecule has 150 valence electrons. The number of hydrogen-bond acceptors (Lipinski definition) is 9. The highest BCUT2D eigenvalue weighted by molar-refractivity contribution is 7.22. The molecule has 1 aromatic heterocycles. The molecule has 0 fully saturated rings. The zero-order chi connectivity index (χ0) is 21.6. The minimum atomic E-state index is -0.811. The highest BCUT2D eigenvalue weighted by Gasteiger charge is 2.37. The van der Waals surface area contributed by atoms with Crippen LogP contribution in [0.2, 0.25) is 0 Å². The molecule has 0 spiro atoms. The van der Waals surface area contributed by atoms with Crippen molar-refractivity contribution in [3.63, 3.8) is 0 Å². The molecule has 0 saturated heterocycles. The number of thiazole rings is 1. The highest BCUT2D eigenvalue weighted by atomic mass is 32.1. The van der Waals surface area contributed by atoms with Gasteiger partial charge in [-0.3, -0.25) is 39.5 Å². The molecule has 4 rings (SSSR count). The molecule has 1 aliphatic rings. The molecule has 0 bridgehead atoms. The Hall–Kier alpha value is -4.26. The summed E-state index contributed by atoms with van der Waals surface area (Å²) in [6.45, 7) is -0.615. The number of nitrogens with one attached hydrogen (secondary N) is 1. The van der Waals surface area contributed by atoms with E-state index in [1.165, 1.54) is 24.3 Å². The SMILES string of the molecule is O=C(CN1C(=O)c2ccc([N+](=O)[O-])cc2C1=O)Nc1nc2ccc([N+](=O)[O-])cc2s1. The average Bonchev–Trinajstić information content (AvgIpc) is 3.20. The zero-order valence-corrected chi connectivity index (χ0v) is 15.5. The quantitative estimate of drug-likeness (QED) is 0.368. The normalized spacial score (nSPS) is 12.9. The van der Waals surface area contributed by atoms with Crippen LogP contribution < -0.4 is 5.32 Å². The summed E-state index contributed by atoms with van der Waals surface area (Å²) in [5.74, 6) is -2.26. The fraction of sp³-hybridized carbons (Fsp3) is 0.0588. The minimum Gasteiger partial charge on any atom is -0.300 e. The van der Waals surface area contributed by atoms with Crippen molar-refractivity contribution in [2.75, 3.05) is 11.9 Å². The molecule has 0 saturated carbocycles. The van der Waals surface area contributed by atoms with Crippen LogP contribution in [0.3, 0.4) is 0 Å². The maximum absolute atomic E-state index is 12.4. The van der Waals surface area contributed by atoms with Gasteiger partial charge in [0.1, 0.15) is 6.54 Å². The van der Waals surface area contributed by atoms with Crippen molar-refractivity contribution in [3.05, 3.63) is 67.8 Å². The van der Waals surface area contributed by atoms with Gasteiger partial charge in [0.25, 0.3) is 23.2 Å². The van der Waals surface area contributed by atoms with Crippen molar-refractivity contribution in [1.82, 2.24) is 9.88 Å². The Morgan fingerprint density at radius 3 is 2.33 bits per heavy atom. The number of anilines is 1. The van der Waals surface area contributed by atoms with Crippen molar-refractivity contribution in [2.45, 2.75) is 0 Å². The number of fused-ring (bicyclic) bond motifs is 2. The van der Waals surface area contributed by atoms with Gasteiger partial charge in [0.05, 0.1) is 31.2 Å². The van der Waals surface area contributed by atoms with E-state index < -0.39 is 34.1 Å². The van der Waals surface area contributed by atoms with Gasteiger partial charge in [0, 0.05) is 24.3 Å². The monoisotopic (exact) mass is 427 g/mol.